The van der Waals surface area contributed by atoms with Gasteiger partial charge in [0, 0.05) is 12.1 Å². The quantitative estimate of drug-likeness (QED) is 0.841. The highest BCUT2D eigenvalue weighted by atomic mass is 19.1. The molecular formula is C16H17FN2O. The highest BCUT2D eigenvalue weighted by Gasteiger charge is 2.20. The minimum atomic E-state index is -0.478. The van der Waals surface area contributed by atoms with E-state index in [0.29, 0.717) is 18.5 Å². The standard InChI is InChI=1S/C16H17FN2O/c17-15-9-4-10-16(19-15)18-11-12-5-1-2-8-14(12)20-13-6-3-7-13/h1-2,4-5,8-10,13H,3,6-7,11H2,(H,18,19). The number of aromatic nitrogens is 1. The van der Waals surface area contributed by atoms with Crippen LogP contribution in [0.4, 0.5) is 10.2 Å². The number of nitrogens with zero attached hydrogens (tertiary/aromatic N) is 1. The topological polar surface area (TPSA) is 34.1 Å². The monoisotopic (exact) mass is 272 g/mol. The van der Waals surface area contributed by atoms with Crippen LogP contribution in [0.3, 0.4) is 0 Å². The number of hydrogen-bond acceptors (Lipinski definition) is 3. The van der Waals surface area contributed by atoms with Crippen molar-refractivity contribution < 1.29 is 9.13 Å². The second kappa shape index (κ2) is 5.90. The predicted octanol–water partition coefficient (Wildman–Crippen LogP) is 3.76. The third kappa shape index (κ3) is 3.07. The van der Waals surface area contributed by atoms with Gasteiger partial charge in [-0.1, -0.05) is 24.3 Å². The second-order valence-corrected chi connectivity index (χ2v) is 4.98. The number of anilines is 1. The zero-order valence-electron chi connectivity index (χ0n) is 11.2. The molecule has 1 aliphatic rings. The molecule has 0 radical (unpaired) electrons. The van der Waals surface area contributed by atoms with Gasteiger partial charge in [-0.15, -0.1) is 0 Å². The summed E-state index contributed by atoms with van der Waals surface area (Å²) in [4.78, 5) is 3.79. The third-order valence-electron chi connectivity index (χ3n) is 3.49. The van der Waals surface area contributed by atoms with Crippen molar-refractivity contribution in [2.45, 2.75) is 31.9 Å². The van der Waals surface area contributed by atoms with E-state index >= 15 is 0 Å². The van der Waals surface area contributed by atoms with Crippen LogP contribution in [0.5, 0.6) is 5.75 Å². The molecule has 1 fully saturated rings. The summed E-state index contributed by atoms with van der Waals surface area (Å²) in [6, 6.07) is 12.7. The maximum absolute atomic E-state index is 13.0. The first-order valence-corrected chi connectivity index (χ1v) is 6.92. The highest BCUT2D eigenvalue weighted by Crippen LogP contribution is 2.27. The zero-order valence-corrected chi connectivity index (χ0v) is 11.2. The van der Waals surface area contributed by atoms with E-state index in [1.165, 1.54) is 12.5 Å². The fourth-order valence-electron chi connectivity index (χ4n) is 2.13. The van der Waals surface area contributed by atoms with E-state index in [1.807, 2.05) is 24.3 Å². The molecular weight excluding hydrogens is 255 g/mol. The molecule has 0 unspecified atom stereocenters. The molecule has 0 spiro atoms. The van der Waals surface area contributed by atoms with E-state index in [1.54, 1.807) is 12.1 Å². The summed E-state index contributed by atoms with van der Waals surface area (Å²) in [6.07, 6.45) is 3.86. The summed E-state index contributed by atoms with van der Waals surface area (Å²) in [7, 11) is 0. The molecule has 20 heavy (non-hydrogen) atoms. The Kier molecular flexibility index (Phi) is 3.81. The molecule has 1 saturated carbocycles. The van der Waals surface area contributed by atoms with Gasteiger partial charge in [0.15, 0.2) is 0 Å². The second-order valence-electron chi connectivity index (χ2n) is 4.98. The first-order valence-electron chi connectivity index (χ1n) is 6.92. The number of ether oxygens (including phenoxy) is 1. The molecule has 1 heterocycles. The molecule has 1 aromatic heterocycles. The molecule has 0 amide bonds. The molecule has 3 rings (SSSR count). The summed E-state index contributed by atoms with van der Waals surface area (Å²) < 4.78 is 19.0. The molecule has 3 nitrogen and oxygen atoms in total. The van der Waals surface area contributed by atoms with E-state index in [4.69, 9.17) is 4.74 Å². The summed E-state index contributed by atoms with van der Waals surface area (Å²) >= 11 is 0. The lowest BCUT2D eigenvalue weighted by Crippen LogP contribution is -2.25. The largest absolute Gasteiger partial charge is 0.490 e. The van der Waals surface area contributed by atoms with Gasteiger partial charge in [-0.25, -0.2) is 4.98 Å². The first kappa shape index (κ1) is 12.9. The average molecular weight is 272 g/mol. The summed E-state index contributed by atoms with van der Waals surface area (Å²) in [6.45, 7) is 0.569. The van der Waals surface area contributed by atoms with Gasteiger partial charge in [-0.05, 0) is 37.5 Å². The number of para-hydroxylation sites is 1. The number of pyridine rings is 1. The number of halogens is 1. The Bertz CT molecular complexity index is 584. The molecule has 104 valence electrons. The van der Waals surface area contributed by atoms with Crippen molar-refractivity contribution >= 4 is 5.82 Å². The van der Waals surface area contributed by atoms with Crippen LogP contribution in [-0.4, -0.2) is 11.1 Å². The van der Waals surface area contributed by atoms with Crippen molar-refractivity contribution in [2.75, 3.05) is 5.32 Å². The molecule has 0 atom stereocenters. The smallest absolute Gasteiger partial charge is 0.214 e. The minimum absolute atomic E-state index is 0.350. The van der Waals surface area contributed by atoms with Crippen molar-refractivity contribution in [2.24, 2.45) is 0 Å². The van der Waals surface area contributed by atoms with Crippen molar-refractivity contribution in [3.05, 3.63) is 54.0 Å². The van der Waals surface area contributed by atoms with Crippen LogP contribution in [0.15, 0.2) is 42.5 Å². The van der Waals surface area contributed by atoms with Gasteiger partial charge < -0.3 is 10.1 Å². The fraction of sp³-hybridized carbons (Fsp3) is 0.312. The van der Waals surface area contributed by atoms with Crippen molar-refractivity contribution in [3.63, 3.8) is 0 Å². The molecule has 0 aliphatic heterocycles. The van der Waals surface area contributed by atoms with Crippen LogP contribution in [-0.2, 0) is 6.54 Å². The van der Waals surface area contributed by atoms with E-state index in [0.717, 1.165) is 24.2 Å². The van der Waals surface area contributed by atoms with Gasteiger partial charge in [0.2, 0.25) is 5.95 Å². The molecule has 4 heteroatoms. The van der Waals surface area contributed by atoms with Crippen LogP contribution in [0.25, 0.3) is 0 Å². The van der Waals surface area contributed by atoms with Crippen LogP contribution < -0.4 is 10.1 Å². The number of benzene rings is 1. The van der Waals surface area contributed by atoms with Crippen molar-refractivity contribution in [1.82, 2.24) is 4.98 Å². The molecule has 2 aromatic rings. The maximum atomic E-state index is 13.0. The Hall–Kier alpha value is -2.10. The minimum Gasteiger partial charge on any atom is -0.490 e. The van der Waals surface area contributed by atoms with Gasteiger partial charge in [-0.3, -0.25) is 0 Å². The average Bonchev–Trinajstić information content (AvgIpc) is 2.42. The Labute approximate surface area is 117 Å². The Morgan fingerprint density at radius 3 is 2.75 bits per heavy atom. The fourth-order valence-corrected chi connectivity index (χ4v) is 2.13. The summed E-state index contributed by atoms with van der Waals surface area (Å²) in [5.41, 5.74) is 1.06. The normalized spacial score (nSPS) is 14.7. The Balaban J connectivity index is 1.67. The molecule has 1 aromatic carbocycles. The Morgan fingerprint density at radius 1 is 1.15 bits per heavy atom. The molecule has 0 saturated heterocycles. The number of nitrogens with one attached hydrogen (secondary N) is 1. The van der Waals surface area contributed by atoms with Crippen molar-refractivity contribution in [3.8, 4) is 5.75 Å². The number of rotatable bonds is 5. The molecule has 1 N–H and O–H groups in total. The van der Waals surface area contributed by atoms with Crippen LogP contribution in [0.2, 0.25) is 0 Å². The maximum Gasteiger partial charge on any atom is 0.214 e. The van der Waals surface area contributed by atoms with E-state index in [2.05, 4.69) is 10.3 Å². The lowest BCUT2D eigenvalue weighted by molar-refractivity contribution is 0.119. The molecule has 0 bridgehead atoms. The van der Waals surface area contributed by atoms with Gasteiger partial charge >= 0.3 is 0 Å². The van der Waals surface area contributed by atoms with Gasteiger partial charge in [0.1, 0.15) is 11.6 Å². The van der Waals surface area contributed by atoms with E-state index < -0.39 is 5.95 Å². The lowest BCUT2D eigenvalue weighted by atomic mass is 9.96. The van der Waals surface area contributed by atoms with Gasteiger partial charge in [-0.2, -0.15) is 4.39 Å². The van der Waals surface area contributed by atoms with E-state index in [9.17, 15) is 4.39 Å². The van der Waals surface area contributed by atoms with Gasteiger partial charge in [0.05, 0.1) is 6.10 Å². The predicted molar refractivity (Wildman–Crippen MR) is 76.2 cm³/mol. The van der Waals surface area contributed by atoms with Crippen LogP contribution in [0, 0.1) is 5.95 Å². The summed E-state index contributed by atoms with van der Waals surface area (Å²) in [5, 5.41) is 3.12. The lowest BCUT2D eigenvalue weighted by Gasteiger charge is -2.27. The van der Waals surface area contributed by atoms with Crippen LogP contribution >= 0.6 is 0 Å². The summed E-state index contributed by atoms with van der Waals surface area (Å²) in [5.74, 6) is 0.957. The highest BCUT2D eigenvalue weighted by molar-refractivity contribution is 5.39. The SMILES string of the molecule is Fc1cccc(NCc2ccccc2OC2CCC2)n1. The van der Waals surface area contributed by atoms with Crippen LogP contribution in [0.1, 0.15) is 24.8 Å². The van der Waals surface area contributed by atoms with E-state index in [-0.39, 0.29) is 0 Å². The number of hydrogen-bond donors (Lipinski definition) is 1. The Morgan fingerprint density at radius 2 is 2.00 bits per heavy atom. The third-order valence-corrected chi connectivity index (χ3v) is 3.49. The van der Waals surface area contributed by atoms with Crippen molar-refractivity contribution in [1.29, 1.82) is 0 Å². The zero-order chi connectivity index (χ0) is 13.8. The van der Waals surface area contributed by atoms with Gasteiger partial charge in [0.25, 0.3) is 0 Å². The first-order chi connectivity index (χ1) is 9.81. The molecule has 1 aliphatic carbocycles.